The molecule has 0 aromatic rings. The van der Waals surface area contributed by atoms with Crippen molar-refractivity contribution in [2.75, 3.05) is 19.8 Å². The van der Waals surface area contributed by atoms with Crippen molar-refractivity contribution < 1.29 is 4.74 Å². The molecule has 2 atom stereocenters. The van der Waals surface area contributed by atoms with Crippen LogP contribution in [0.15, 0.2) is 0 Å². The van der Waals surface area contributed by atoms with E-state index in [1.54, 1.807) is 0 Å². The van der Waals surface area contributed by atoms with Crippen LogP contribution in [0.4, 0.5) is 0 Å². The molecule has 1 heterocycles. The highest BCUT2D eigenvalue weighted by Gasteiger charge is 2.23. The van der Waals surface area contributed by atoms with E-state index in [4.69, 9.17) is 4.74 Å². The third-order valence-electron chi connectivity index (χ3n) is 4.48. The van der Waals surface area contributed by atoms with Gasteiger partial charge in [0, 0.05) is 19.3 Å². The van der Waals surface area contributed by atoms with E-state index >= 15 is 0 Å². The van der Waals surface area contributed by atoms with Crippen LogP contribution in [-0.4, -0.2) is 25.8 Å². The summed E-state index contributed by atoms with van der Waals surface area (Å²) in [5, 5.41) is 3.70. The number of ether oxygens (including phenoxy) is 1. The Bertz CT molecular complexity index is 195. The molecule has 1 aliphatic heterocycles. The normalized spacial score (nSPS) is 28.4. The number of hydrogen-bond acceptors (Lipinski definition) is 2. The molecule has 0 aromatic carbocycles. The lowest BCUT2D eigenvalue weighted by atomic mass is 9.83. The lowest BCUT2D eigenvalue weighted by molar-refractivity contribution is 0.178. The summed E-state index contributed by atoms with van der Waals surface area (Å²) in [6.07, 6.45) is 11.4. The first-order chi connectivity index (χ1) is 8.38. The van der Waals surface area contributed by atoms with E-state index in [-0.39, 0.29) is 0 Å². The molecule has 2 heteroatoms. The summed E-state index contributed by atoms with van der Waals surface area (Å²) in [7, 11) is 0. The van der Waals surface area contributed by atoms with Crippen molar-refractivity contribution in [3.8, 4) is 0 Å². The second-order valence-corrected chi connectivity index (χ2v) is 5.96. The zero-order valence-electron chi connectivity index (χ0n) is 11.4. The predicted octanol–water partition coefficient (Wildman–Crippen LogP) is 3.36. The van der Waals surface area contributed by atoms with Crippen molar-refractivity contribution in [1.29, 1.82) is 0 Å². The average Bonchev–Trinajstić information content (AvgIpc) is 2.83. The molecule has 2 aliphatic rings. The van der Waals surface area contributed by atoms with Crippen molar-refractivity contribution >= 4 is 0 Å². The van der Waals surface area contributed by atoms with Gasteiger partial charge in [-0.25, -0.2) is 0 Å². The Morgan fingerprint density at radius 2 is 1.82 bits per heavy atom. The quantitative estimate of drug-likeness (QED) is 0.767. The van der Waals surface area contributed by atoms with Crippen molar-refractivity contribution in [3.63, 3.8) is 0 Å². The zero-order chi connectivity index (χ0) is 11.9. The predicted molar refractivity (Wildman–Crippen MR) is 72.2 cm³/mol. The summed E-state index contributed by atoms with van der Waals surface area (Å²) in [5.41, 5.74) is 0. The number of rotatable bonds is 6. The van der Waals surface area contributed by atoms with E-state index in [9.17, 15) is 0 Å². The molecule has 2 fully saturated rings. The maximum atomic E-state index is 5.50. The highest BCUT2D eigenvalue weighted by molar-refractivity contribution is 4.78. The molecule has 17 heavy (non-hydrogen) atoms. The smallest absolute Gasteiger partial charge is 0.0495 e. The van der Waals surface area contributed by atoms with Gasteiger partial charge in [-0.15, -0.1) is 0 Å². The maximum Gasteiger partial charge on any atom is 0.0495 e. The minimum absolute atomic E-state index is 0.745. The van der Waals surface area contributed by atoms with Crippen LogP contribution in [0.1, 0.15) is 58.3 Å². The van der Waals surface area contributed by atoms with Gasteiger partial charge in [0.05, 0.1) is 0 Å². The number of nitrogens with one attached hydrogen (secondary N) is 1. The Labute approximate surface area is 107 Å². The molecule has 1 saturated heterocycles. The van der Waals surface area contributed by atoms with E-state index in [0.29, 0.717) is 0 Å². The van der Waals surface area contributed by atoms with Crippen LogP contribution in [0.5, 0.6) is 0 Å². The average molecular weight is 239 g/mol. The fourth-order valence-electron chi connectivity index (χ4n) is 3.55. The third kappa shape index (κ3) is 4.59. The van der Waals surface area contributed by atoms with Gasteiger partial charge in [0.25, 0.3) is 0 Å². The van der Waals surface area contributed by atoms with Crippen molar-refractivity contribution in [2.24, 2.45) is 11.8 Å². The molecule has 0 amide bonds. The van der Waals surface area contributed by atoms with Gasteiger partial charge in [0.15, 0.2) is 0 Å². The van der Waals surface area contributed by atoms with Crippen molar-refractivity contribution in [1.82, 2.24) is 5.32 Å². The lowest BCUT2D eigenvalue weighted by Gasteiger charge is -2.28. The fraction of sp³-hybridized carbons (Fsp3) is 1.00. The lowest BCUT2D eigenvalue weighted by Crippen LogP contribution is -2.33. The van der Waals surface area contributed by atoms with Gasteiger partial charge in [0.2, 0.25) is 0 Å². The fourth-order valence-corrected chi connectivity index (χ4v) is 3.55. The maximum absolute atomic E-state index is 5.50. The van der Waals surface area contributed by atoms with E-state index < -0.39 is 0 Å². The third-order valence-corrected chi connectivity index (χ3v) is 4.48. The highest BCUT2D eigenvalue weighted by Crippen LogP contribution is 2.29. The Hall–Kier alpha value is -0.0800. The van der Waals surface area contributed by atoms with Gasteiger partial charge in [-0.2, -0.15) is 0 Å². The molecule has 1 aliphatic carbocycles. The molecule has 1 N–H and O–H groups in total. The topological polar surface area (TPSA) is 21.3 Å². The van der Waals surface area contributed by atoms with E-state index in [1.165, 1.54) is 51.4 Å². The number of hydrogen-bond donors (Lipinski definition) is 1. The first-order valence-corrected chi connectivity index (χ1v) is 7.69. The molecule has 1 saturated carbocycles. The summed E-state index contributed by atoms with van der Waals surface area (Å²) in [6, 6.07) is 0.745. The van der Waals surface area contributed by atoms with Gasteiger partial charge in [-0.05, 0) is 37.6 Å². The molecule has 2 unspecified atom stereocenters. The second-order valence-electron chi connectivity index (χ2n) is 5.96. The van der Waals surface area contributed by atoms with Crippen molar-refractivity contribution in [2.45, 2.75) is 64.3 Å². The van der Waals surface area contributed by atoms with Gasteiger partial charge < -0.3 is 10.1 Å². The van der Waals surface area contributed by atoms with Crippen LogP contribution >= 0.6 is 0 Å². The highest BCUT2D eigenvalue weighted by atomic mass is 16.5. The Balaban J connectivity index is 1.74. The van der Waals surface area contributed by atoms with Gasteiger partial charge in [-0.1, -0.05) is 39.0 Å². The van der Waals surface area contributed by atoms with Gasteiger partial charge in [-0.3, -0.25) is 0 Å². The minimum Gasteiger partial charge on any atom is -0.381 e. The summed E-state index contributed by atoms with van der Waals surface area (Å²) >= 11 is 0. The van der Waals surface area contributed by atoms with Gasteiger partial charge >= 0.3 is 0 Å². The molecule has 100 valence electrons. The monoisotopic (exact) mass is 239 g/mol. The molecule has 0 bridgehead atoms. The summed E-state index contributed by atoms with van der Waals surface area (Å²) in [6.45, 7) is 5.35. The van der Waals surface area contributed by atoms with Crippen LogP contribution in [0.3, 0.4) is 0 Å². The Morgan fingerprint density at radius 3 is 2.47 bits per heavy atom. The van der Waals surface area contributed by atoms with E-state index in [1.807, 2.05) is 0 Å². The van der Waals surface area contributed by atoms with Crippen molar-refractivity contribution in [3.05, 3.63) is 0 Å². The summed E-state index contributed by atoms with van der Waals surface area (Å²) in [4.78, 5) is 0. The first kappa shape index (κ1) is 13.4. The van der Waals surface area contributed by atoms with Crippen LogP contribution in [0.25, 0.3) is 0 Å². The molecular weight excluding hydrogens is 210 g/mol. The Morgan fingerprint density at radius 1 is 1.06 bits per heavy atom. The molecular formula is C15H29NO. The Kier molecular flexibility index (Phi) is 5.79. The van der Waals surface area contributed by atoms with Crippen LogP contribution < -0.4 is 5.32 Å². The SMILES string of the molecule is CCNC(CC1CCCCC1)CC1CCOC1. The molecule has 2 nitrogen and oxygen atoms in total. The van der Waals surface area contributed by atoms with E-state index in [2.05, 4.69) is 12.2 Å². The van der Waals surface area contributed by atoms with E-state index in [0.717, 1.165) is 37.6 Å². The van der Waals surface area contributed by atoms with Crippen LogP contribution in [-0.2, 0) is 4.74 Å². The molecule has 2 rings (SSSR count). The second kappa shape index (κ2) is 7.38. The summed E-state index contributed by atoms with van der Waals surface area (Å²) < 4.78 is 5.50. The van der Waals surface area contributed by atoms with Crippen LogP contribution in [0, 0.1) is 11.8 Å². The molecule has 0 radical (unpaired) electrons. The largest absolute Gasteiger partial charge is 0.381 e. The minimum atomic E-state index is 0.745. The zero-order valence-corrected chi connectivity index (χ0v) is 11.4. The first-order valence-electron chi connectivity index (χ1n) is 7.69. The molecule has 0 spiro atoms. The molecule has 0 aromatic heterocycles. The van der Waals surface area contributed by atoms with Gasteiger partial charge in [0.1, 0.15) is 0 Å². The standard InChI is InChI=1S/C15H29NO/c1-2-16-15(11-14-8-9-17-12-14)10-13-6-4-3-5-7-13/h13-16H,2-12H2,1H3. The van der Waals surface area contributed by atoms with Crippen LogP contribution in [0.2, 0.25) is 0 Å². The summed E-state index contributed by atoms with van der Waals surface area (Å²) in [5.74, 6) is 1.82.